The van der Waals surface area contributed by atoms with Crippen LogP contribution < -0.4 is 10.9 Å². The summed E-state index contributed by atoms with van der Waals surface area (Å²) in [6, 6.07) is 12.4. The first-order valence-electron chi connectivity index (χ1n) is 9.07. The van der Waals surface area contributed by atoms with E-state index < -0.39 is 17.7 Å². The van der Waals surface area contributed by atoms with Gasteiger partial charge in [-0.25, -0.2) is 8.91 Å². The highest BCUT2D eigenvalue weighted by Crippen LogP contribution is 2.18. The lowest BCUT2D eigenvalue weighted by Crippen LogP contribution is -2.30. The minimum Gasteiger partial charge on any atom is -0.468 e. The molecule has 0 unspecified atom stereocenters. The van der Waals surface area contributed by atoms with Crippen molar-refractivity contribution < 1.29 is 18.7 Å². The van der Waals surface area contributed by atoms with E-state index in [9.17, 15) is 18.8 Å². The molecule has 1 amide bonds. The number of halogens is 1. The molecule has 0 aliphatic heterocycles. The standard InChI is InChI=1S/C21H17FN4O4/c1-30-19(27)11-23-20(28)14-5-6-16-18(10-14)25(12-13-3-2-4-15(22)9-13)21(29)17-7-8-24-26(16)17/h2-10H,11-12H2,1H3,(H,23,28). The van der Waals surface area contributed by atoms with Crippen molar-refractivity contribution in [2.45, 2.75) is 6.54 Å². The summed E-state index contributed by atoms with van der Waals surface area (Å²) in [7, 11) is 1.23. The summed E-state index contributed by atoms with van der Waals surface area (Å²) in [6.07, 6.45) is 1.51. The van der Waals surface area contributed by atoms with Gasteiger partial charge in [0.1, 0.15) is 17.9 Å². The van der Waals surface area contributed by atoms with Crippen molar-refractivity contribution in [3.63, 3.8) is 0 Å². The van der Waals surface area contributed by atoms with E-state index in [1.54, 1.807) is 36.4 Å². The molecule has 8 nitrogen and oxygen atoms in total. The Morgan fingerprint density at radius 2 is 1.93 bits per heavy atom. The van der Waals surface area contributed by atoms with Crippen LogP contribution in [0.25, 0.3) is 16.6 Å². The van der Waals surface area contributed by atoms with Crippen LogP contribution in [0.3, 0.4) is 0 Å². The van der Waals surface area contributed by atoms with E-state index in [1.165, 1.54) is 34.5 Å². The van der Waals surface area contributed by atoms with Crippen molar-refractivity contribution in [3.8, 4) is 0 Å². The number of nitrogens with one attached hydrogen (secondary N) is 1. The Kier molecular flexibility index (Phi) is 5.01. The minimum absolute atomic E-state index is 0.113. The van der Waals surface area contributed by atoms with Crippen LogP contribution in [0.5, 0.6) is 0 Å². The minimum atomic E-state index is -0.578. The van der Waals surface area contributed by atoms with E-state index in [4.69, 9.17) is 0 Å². The van der Waals surface area contributed by atoms with Gasteiger partial charge in [0.2, 0.25) is 0 Å². The van der Waals surface area contributed by atoms with Crippen LogP contribution in [-0.2, 0) is 16.1 Å². The van der Waals surface area contributed by atoms with Crippen LogP contribution in [-0.4, -0.2) is 39.7 Å². The number of aromatic nitrogens is 3. The summed E-state index contributed by atoms with van der Waals surface area (Å²) in [5.41, 5.74) is 1.95. The van der Waals surface area contributed by atoms with E-state index in [2.05, 4.69) is 15.2 Å². The van der Waals surface area contributed by atoms with Crippen molar-refractivity contribution in [2.75, 3.05) is 13.7 Å². The van der Waals surface area contributed by atoms with E-state index in [1.807, 2.05) is 0 Å². The molecule has 0 atom stereocenters. The van der Waals surface area contributed by atoms with Crippen molar-refractivity contribution in [2.24, 2.45) is 0 Å². The maximum Gasteiger partial charge on any atom is 0.325 e. The van der Waals surface area contributed by atoms with Gasteiger partial charge in [0.05, 0.1) is 30.9 Å². The average Bonchev–Trinajstić information content (AvgIpc) is 3.24. The zero-order chi connectivity index (χ0) is 21.3. The van der Waals surface area contributed by atoms with Crippen molar-refractivity contribution >= 4 is 28.4 Å². The summed E-state index contributed by atoms with van der Waals surface area (Å²) in [6.45, 7) is -0.163. The highest BCUT2D eigenvalue weighted by atomic mass is 19.1. The van der Waals surface area contributed by atoms with Gasteiger partial charge in [0, 0.05) is 5.56 Å². The number of amides is 1. The monoisotopic (exact) mass is 408 g/mol. The molecule has 0 fully saturated rings. The third-order valence-electron chi connectivity index (χ3n) is 4.71. The number of nitrogens with zero attached hydrogens (tertiary/aromatic N) is 3. The van der Waals surface area contributed by atoms with Gasteiger partial charge in [-0.05, 0) is 42.0 Å². The number of carbonyl (C=O) groups is 2. The smallest absolute Gasteiger partial charge is 0.325 e. The number of benzene rings is 2. The predicted octanol–water partition coefficient (Wildman–Crippen LogP) is 1.74. The third kappa shape index (κ3) is 3.52. The van der Waals surface area contributed by atoms with Crippen LogP contribution in [0.1, 0.15) is 15.9 Å². The molecule has 152 valence electrons. The first-order valence-corrected chi connectivity index (χ1v) is 9.07. The Morgan fingerprint density at radius 1 is 1.10 bits per heavy atom. The van der Waals surface area contributed by atoms with Crippen LogP contribution in [0.2, 0.25) is 0 Å². The number of hydrogen-bond acceptors (Lipinski definition) is 5. The summed E-state index contributed by atoms with van der Waals surface area (Å²) >= 11 is 0. The first kappa shape index (κ1) is 19.3. The van der Waals surface area contributed by atoms with Gasteiger partial charge in [-0.15, -0.1) is 0 Å². The molecule has 2 aromatic heterocycles. The second kappa shape index (κ2) is 7.78. The Morgan fingerprint density at radius 3 is 2.70 bits per heavy atom. The number of rotatable bonds is 5. The molecule has 0 aliphatic rings. The van der Waals surface area contributed by atoms with Gasteiger partial charge in [-0.2, -0.15) is 5.10 Å². The topological polar surface area (TPSA) is 94.7 Å². The highest BCUT2D eigenvalue weighted by Gasteiger charge is 2.15. The van der Waals surface area contributed by atoms with Crippen LogP contribution in [0.4, 0.5) is 4.39 Å². The second-order valence-corrected chi connectivity index (χ2v) is 6.61. The fraction of sp³-hybridized carbons (Fsp3) is 0.143. The quantitative estimate of drug-likeness (QED) is 0.508. The van der Waals surface area contributed by atoms with Gasteiger partial charge >= 0.3 is 5.97 Å². The molecule has 2 heterocycles. The van der Waals surface area contributed by atoms with Crippen molar-refractivity contribution in [1.29, 1.82) is 0 Å². The molecule has 0 saturated carbocycles. The maximum atomic E-state index is 13.6. The van der Waals surface area contributed by atoms with Gasteiger partial charge in [0.15, 0.2) is 0 Å². The number of hydrogen-bond donors (Lipinski definition) is 1. The number of esters is 1. The number of fused-ring (bicyclic) bond motifs is 3. The SMILES string of the molecule is COC(=O)CNC(=O)c1ccc2c(c1)n(Cc1cccc(F)c1)c(=O)c1ccnn12. The molecule has 1 N–H and O–H groups in total. The Balaban J connectivity index is 1.84. The van der Waals surface area contributed by atoms with Crippen LogP contribution >= 0.6 is 0 Å². The van der Waals surface area contributed by atoms with Gasteiger partial charge in [0.25, 0.3) is 11.5 Å². The molecule has 0 spiro atoms. The lowest BCUT2D eigenvalue weighted by molar-refractivity contribution is -0.139. The van der Waals surface area contributed by atoms with Crippen molar-refractivity contribution in [1.82, 2.24) is 19.5 Å². The number of carbonyl (C=O) groups excluding carboxylic acids is 2. The van der Waals surface area contributed by atoms with E-state index in [-0.39, 0.29) is 24.2 Å². The molecule has 2 aromatic carbocycles. The molecule has 0 radical (unpaired) electrons. The van der Waals surface area contributed by atoms with E-state index >= 15 is 0 Å². The largest absolute Gasteiger partial charge is 0.468 e. The molecule has 4 aromatic rings. The Bertz CT molecular complexity index is 1340. The number of methoxy groups -OCH3 is 1. The Labute approximate surface area is 169 Å². The normalized spacial score (nSPS) is 11.0. The molecular formula is C21H17FN4O4. The maximum absolute atomic E-state index is 13.6. The van der Waals surface area contributed by atoms with Crippen LogP contribution in [0.15, 0.2) is 59.5 Å². The summed E-state index contributed by atoms with van der Waals surface area (Å²) in [5.74, 6) is -1.48. The molecule has 30 heavy (non-hydrogen) atoms. The van der Waals surface area contributed by atoms with Crippen LogP contribution in [0, 0.1) is 5.82 Å². The zero-order valence-electron chi connectivity index (χ0n) is 16.0. The molecule has 0 aliphatic carbocycles. The Hall–Kier alpha value is -4.01. The number of ether oxygens (including phenoxy) is 1. The fourth-order valence-corrected chi connectivity index (χ4v) is 3.27. The lowest BCUT2D eigenvalue weighted by Gasteiger charge is -2.13. The highest BCUT2D eigenvalue weighted by molar-refractivity contribution is 5.98. The van der Waals surface area contributed by atoms with E-state index in [0.717, 1.165) is 0 Å². The predicted molar refractivity (Wildman–Crippen MR) is 107 cm³/mol. The molecule has 4 rings (SSSR count). The van der Waals surface area contributed by atoms with Gasteiger partial charge in [-0.3, -0.25) is 14.4 Å². The first-order chi connectivity index (χ1) is 14.5. The summed E-state index contributed by atoms with van der Waals surface area (Å²) in [5, 5.41) is 6.66. The van der Waals surface area contributed by atoms with Gasteiger partial charge in [-0.1, -0.05) is 12.1 Å². The van der Waals surface area contributed by atoms with Crippen molar-refractivity contribution in [3.05, 3.63) is 82.0 Å². The molecular weight excluding hydrogens is 391 g/mol. The van der Waals surface area contributed by atoms with E-state index in [0.29, 0.717) is 22.1 Å². The molecule has 9 heteroatoms. The fourth-order valence-electron chi connectivity index (χ4n) is 3.27. The molecule has 0 bridgehead atoms. The summed E-state index contributed by atoms with van der Waals surface area (Å²) in [4.78, 5) is 36.8. The van der Waals surface area contributed by atoms with Gasteiger partial charge < -0.3 is 14.6 Å². The third-order valence-corrected chi connectivity index (χ3v) is 4.71. The lowest BCUT2D eigenvalue weighted by atomic mass is 10.1. The second-order valence-electron chi connectivity index (χ2n) is 6.61. The molecule has 0 saturated heterocycles. The average molecular weight is 408 g/mol. The summed E-state index contributed by atoms with van der Waals surface area (Å²) < 4.78 is 21.1. The zero-order valence-corrected chi connectivity index (χ0v) is 16.0.